The smallest absolute Gasteiger partial charge is 0.251 e. The van der Waals surface area contributed by atoms with Gasteiger partial charge in [0.15, 0.2) is 34.5 Å². The van der Waals surface area contributed by atoms with Crippen molar-refractivity contribution in [3.63, 3.8) is 0 Å². The molecule has 0 saturated carbocycles. The zero-order chi connectivity index (χ0) is 22.3. The average molecular weight is 420 g/mol. The standard InChI is InChI=1S/C20H24N2O8/c23-13-7-11(8-14(24)17(13)27)19(29)21-5-3-1-2-4-6-22-20(30)12-9-15(25)18(28)16(26)10-12/h7-10,23-28H,1-6H2,(H,21,29)(H,22,30). The molecule has 0 aromatic heterocycles. The molecular formula is C20H24N2O8. The summed E-state index contributed by atoms with van der Waals surface area (Å²) >= 11 is 0. The normalized spacial score (nSPS) is 10.5. The van der Waals surface area contributed by atoms with Gasteiger partial charge in [-0.05, 0) is 37.1 Å². The predicted molar refractivity (Wildman–Crippen MR) is 106 cm³/mol. The Morgan fingerprint density at radius 1 is 0.567 bits per heavy atom. The fraction of sp³-hybridized carbons (Fsp3) is 0.300. The number of nitrogens with one attached hydrogen (secondary N) is 2. The number of hydrogen-bond donors (Lipinski definition) is 8. The van der Waals surface area contributed by atoms with Crippen molar-refractivity contribution in [2.24, 2.45) is 0 Å². The third-order valence-electron chi connectivity index (χ3n) is 4.34. The molecule has 0 unspecified atom stereocenters. The lowest BCUT2D eigenvalue weighted by molar-refractivity contribution is 0.0942. The lowest BCUT2D eigenvalue weighted by atomic mass is 10.1. The van der Waals surface area contributed by atoms with Crippen LogP contribution in [0.4, 0.5) is 0 Å². The molecule has 0 radical (unpaired) electrons. The second-order valence-corrected chi connectivity index (χ2v) is 6.65. The van der Waals surface area contributed by atoms with Crippen LogP contribution in [-0.4, -0.2) is 55.5 Å². The number of carbonyl (C=O) groups excluding carboxylic acids is 2. The SMILES string of the molecule is O=C(NCCCCCCNC(=O)c1cc(O)c(O)c(O)c1)c1cc(O)c(O)c(O)c1. The van der Waals surface area contributed by atoms with Gasteiger partial charge in [-0.3, -0.25) is 9.59 Å². The highest BCUT2D eigenvalue weighted by Gasteiger charge is 2.14. The molecular weight excluding hydrogens is 396 g/mol. The molecule has 0 heterocycles. The van der Waals surface area contributed by atoms with Gasteiger partial charge in [-0.1, -0.05) is 12.8 Å². The molecule has 0 bridgehead atoms. The van der Waals surface area contributed by atoms with E-state index < -0.39 is 46.3 Å². The van der Waals surface area contributed by atoms with E-state index in [4.69, 9.17) is 0 Å². The van der Waals surface area contributed by atoms with Crippen LogP contribution in [0.25, 0.3) is 0 Å². The largest absolute Gasteiger partial charge is 0.504 e. The second kappa shape index (κ2) is 10.1. The monoisotopic (exact) mass is 420 g/mol. The fourth-order valence-electron chi connectivity index (χ4n) is 2.68. The van der Waals surface area contributed by atoms with Crippen molar-refractivity contribution in [2.45, 2.75) is 25.7 Å². The number of carbonyl (C=O) groups is 2. The Kier molecular flexibility index (Phi) is 7.56. The number of aromatic hydroxyl groups is 6. The number of phenols is 6. The van der Waals surface area contributed by atoms with Crippen LogP contribution in [0.3, 0.4) is 0 Å². The molecule has 0 saturated heterocycles. The Hall–Kier alpha value is -3.82. The van der Waals surface area contributed by atoms with E-state index in [9.17, 15) is 40.2 Å². The number of hydrogen-bond acceptors (Lipinski definition) is 8. The first-order valence-electron chi connectivity index (χ1n) is 9.27. The van der Waals surface area contributed by atoms with Crippen molar-refractivity contribution in [2.75, 3.05) is 13.1 Å². The highest BCUT2D eigenvalue weighted by atomic mass is 16.3. The second-order valence-electron chi connectivity index (χ2n) is 6.65. The van der Waals surface area contributed by atoms with E-state index in [1.54, 1.807) is 0 Å². The van der Waals surface area contributed by atoms with Crippen LogP contribution >= 0.6 is 0 Å². The van der Waals surface area contributed by atoms with E-state index in [2.05, 4.69) is 10.6 Å². The van der Waals surface area contributed by atoms with Gasteiger partial charge in [0.1, 0.15) is 0 Å². The summed E-state index contributed by atoms with van der Waals surface area (Å²) in [5, 5.41) is 61.5. The molecule has 2 aromatic carbocycles. The predicted octanol–water partition coefficient (Wildman–Crippen LogP) is 1.64. The molecule has 2 amide bonds. The maximum atomic E-state index is 12.0. The molecule has 10 heteroatoms. The van der Waals surface area contributed by atoms with Crippen LogP contribution in [0, 0.1) is 0 Å². The first-order chi connectivity index (χ1) is 14.2. The van der Waals surface area contributed by atoms with E-state index >= 15 is 0 Å². The minimum atomic E-state index is -0.683. The van der Waals surface area contributed by atoms with Gasteiger partial charge in [-0.25, -0.2) is 0 Å². The summed E-state index contributed by atoms with van der Waals surface area (Å²) in [5.41, 5.74) is 0.0497. The average Bonchev–Trinajstić information content (AvgIpc) is 2.70. The Morgan fingerprint density at radius 2 is 0.867 bits per heavy atom. The third-order valence-corrected chi connectivity index (χ3v) is 4.34. The van der Waals surface area contributed by atoms with Crippen molar-refractivity contribution < 1.29 is 40.2 Å². The van der Waals surface area contributed by atoms with Gasteiger partial charge in [-0.15, -0.1) is 0 Å². The van der Waals surface area contributed by atoms with Crippen LogP contribution in [0.1, 0.15) is 46.4 Å². The number of benzene rings is 2. The summed E-state index contributed by atoms with van der Waals surface area (Å²) in [6.45, 7) is 0.749. The summed E-state index contributed by atoms with van der Waals surface area (Å²) < 4.78 is 0. The van der Waals surface area contributed by atoms with Gasteiger partial charge in [-0.2, -0.15) is 0 Å². The molecule has 0 aliphatic carbocycles. The van der Waals surface area contributed by atoms with Crippen LogP contribution < -0.4 is 10.6 Å². The molecule has 2 aromatic rings. The van der Waals surface area contributed by atoms with Crippen molar-refractivity contribution in [3.05, 3.63) is 35.4 Å². The van der Waals surface area contributed by atoms with E-state index in [0.717, 1.165) is 37.1 Å². The Labute approximate surface area is 172 Å². The Bertz CT molecular complexity index is 808. The first kappa shape index (κ1) is 22.5. The van der Waals surface area contributed by atoms with Crippen LogP contribution in [0.15, 0.2) is 24.3 Å². The molecule has 0 aliphatic rings. The lowest BCUT2D eigenvalue weighted by Gasteiger charge is -2.08. The maximum absolute atomic E-state index is 12.0. The molecule has 10 nitrogen and oxygen atoms in total. The van der Waals surface area contributed by atoms with Gasteiger partial charge in [0.25, 0.3) is 11.8 Å². The van der Waals surface area contributed by atoms with Gasteiger partial charge in [0.2, 0.25) is 0 Å². The van der Waals surface area contributed by atoms with Gasteiger partial charge in [0.05, 0.1) is 0 Å². The van der Waals surface area contributed by atoms with E-state index in [1.165, 1.54) is 0 Å². The number of rotatable bonds is 9. The van der Waals surface area contributed by atoms with Crippen LogP contribution in [-0.2, 0) is 0 Å². The van der Waals surface area contributed by atoms with Crippen molar-refractivity contribution >= 4 is 11.8 Å². The van der Waals surface area contributed by atoms with Gasteiger partial charge >= 0.3 is 0 Å². The van der Waals surface area contributed by atoms with E-state index in [1.807, 2.05) is 0 Å². The van der Waals surface area contributed by atoms with Crippen LogP contribution in [0.5, 0.6) is 34.5 Å². The van der Waals surface area contributed by atoms with Gasteiger partial charge < -0.3 is 41.3 Å². The van der Waals surface area contributed by atoms with Crippen molar-refractivity contribution in [1.29, 1.82) is 0 Å². The quantitative estimate of drug-likeness (QED) is 0.223. The number of phenolic OH excluding ortho intramolecular Hbond substituents is 6. The molecule has 0 spiro atoms. The minimum Gasteiger partial charge on any atom is -0.504 e. The Balaban J connectivity index is 1.62. The summed E-state index contributed by atoms with van der Waals surface area (Å²) in [7, 11) is 0. The minimum absolute atomic E-state index is 0.0248. The van der Waals surface area contributed by atoms with E-state index in [0.29, 0.717) is 25.9 Å². The lowest BCUT2D eigenvalue weighted by Crippen LogP contribution is -2.25. The van der Waals surface area contributed by atoms with Crippen LogP contribution in [0.2, 0.25) is 0 Å². The molecule has 0 fully saturated rings. The molecule has 162 valence electrons. The highest BCUT2D eigenvalue weighted by Crippen LogP contribution is 2.36. The fourth-order valence-corrected chi connectivity index (χ4v) is 2.68. The molecule has 30 heavy (non-hydrogen) atoms. The zero-order valence-electron chi connectivity index (χ0n) is 16.1. The van der Waals surface area contributed by atoms with Crippen molar-refractivity contribution in [3.8, 4) is 34.5 Å². The summed E-state index contributed by atoms with van der Waals surface area (Å²) in [4.78, 5) is 23.9. The summed E-state index contributed by atoms with van der Waals surface area (Å²) in [5.74, 6) is -4.68. The molecule has 0 aliphatic heterocycles. The summed E-state index contributed by atoms with van der Waals surface area (Å²) in [6, 6.07) is 4.22. The maximum Gasteiger partial charge on any atom is 0.251 e. The molecule has 2 rings (SSSR count). The topological polar surface area (TPSA) is 180 Å². The number of amides is 2. The van der Waals surface area contributed by atoms with Crippen molar-refractivity contribution in [1.82, 2.24) is 10.6 Å². The summed E-state index contributed by atoms with van der Waals surface area (Å²) in [6.07, 6.45) is 2.91. The zero-order valence-corrected chi connectivity index (χ0v) is 16.1. The number of unbranched alkanes of at least 4 members (excludes halogenated alkanes) is 3. The molecule has 8 N–H and O–H groups in total. The molecule has 0 atom stereocenters. The van der Waals surface area contributed by atoms with E-state index in [-0.39, 0.29) is 11.1 Å². The highest BCUT2D eigenvalue weighted by molar-refractivity contribution is 5.96. The van der Waals surface area contributed by atoms with Gasteiger partial charge in [0, 0.05) is 24.2 Å². The first-order valence-corrected chi connectivity index (χ1v) is 9.27. The Morgan fingerprint density at radius 3 is 1.17 bits per heavy atom. The third kappa shape index (κ3) is 5.84.